The number of carbonyl (C=O) groups is 2. The Kier molecular flexibility index (Phi) is 4.48. The van der Waals surface area contributed by atoms with Crippen molar-refractivity contribution in [3.63, 3.8) is 0 Å². The van der Waals surface area contributed by atoms with Crippen LogP contribution in [0.15, 0.2) is 6.33 Å². The fourth-order valence-corrected chi connectivity index (χ4v) is 2.43. The molecule has 0 unspecified atom stereocenters. The first-order chi connectivity index (χ1) is 9.18. The highest BCUT2D eigenvalue weighted by molar-refractivity contribution is 5.93. The van der Waals surface area contributed by atoms with E-state index in [4.69, 9.17) is 5.11 Å². The quantitative estimate of drug-likeness (QED) is 0.834. The topological polar surface area (TPSA) is 99.2 Å². The van der Waals surface area contributed by atoms with Crippen molar-refractivity contribution in [3.8, 4) is 0 Å². The molecule has 1 saturated carbocycles. The monoisotopic (exact) mass is 266 g/mol. The van der Waals surface area contributed by atoms with Gasteiger partial charge in [-0.2, -0.15) is 10.1 Å². The first-order valence-electron chi connectivity index (χ1n) is 6.57. The maximum absolute atomic E-state index is 12.5. The minimum Gasteiger partial charge on any atom is -0.481 e. The van der Waals surface area contributed by atoms with Gasteiger partial charge < -0.3 is 5.11 Å². The highest BCUT2D eigenvalue weighted by Gasteiger charge is 2.28. The van der Waals surface area contributed by atoms with Crippen LogP contribution < -0.4 is 4.90 Å². The minimum atomic E-state index is -0.930. The molecule has 0 saturated heterocycles. The Morgan fingerprint density at radius 1 is 1.37 bits per heavy atom. The molecule has 0 bridgehead atoms. The summed E-state index contributed by atoms with van der Waals surface area (Å²) >= 11 is 0. The van der Waals surface area contributed by atoms with Gasteiger partial charge in [0.25, 0.3) is 0 Å². The zero-order chi connectivity index (χ0) is 13.7. The van der Waals surface area contributed by atoms with Gasteiger partial charge >= 0.3 is 5.97 Å². The van der Waals surface area contributed by atoms with Gasteiger partial charge in [0.15, 0.2) is 0 Å². The summed E-state index contributed by atoms with van der Waals surface area (Å²) in [6.07, 6.45) is 6.24. The molecule has 0 spiro atoms. The molecule has 1 aliphatic carbocycles. The molecule has 0 aliphatic heterocycles. The molecule has 1 fully saturated rings. The van der Waals surface area contributed by atoms with E-state index in [2.05, 4.69) is 15.2 Å². The molecule has 2 rings (SSSR count). The standard InChI is InChI=1S/C12H18N4O3/c17-10(18)6-7-16(12-13-8-14-15-12)11(19)9-4-2-1-3-5-9/h8-9H,1-7H2,(H,17,18)(H,13,14,15). The number of carboxylic acid groups (broad SMARTS) is 1. The number of amides is 1. The van der Waals surface area contributed by atoms with Crippen molar-refractivity contribution in [2.24, 2.45) is 5.92 Å². The SMILES string of the molecule is O=C(O)CCN(C(=O)C1CCCCC1)c1ncn[nH]1. The van der Waals surface area contributed by atoms with Gasteiger partial charge in [0.1, 0.15) is 6.33 Å². The van der Waals surface area contributed by atoms with E-state index in [1.165, 1.54) is 17.6 Å². The first kappa shape index (κ1) is 13.5. The Morgan fingerprint density at radius 3 is 2.68 bits per heavy atom. The van der Waals surface area contributed by atoms with Crippen LogP contribution in [-0.2, 0) is 9.59 Å². The van der Waals surface area contributed by atoms with Crippen molar-refractivity contribution in [2.45, 2.75) is 38.5 Å². The number of rotatable bonds is 5. The highest BCUT2D eigenvalue weighted by atomic mass is 16.4. The van der Waals surface area contributed by atoms with Gasteiger partial charge in [-0.1, -0.05) is 19.3 Å². The number of hydrogen-bond donors (Lipinski definition) is 2. The molecule has 1 aliphatic rings. The second kappa shape index (κ2) is 6.31. The van der Waals surface area contributed by atoms with E-state index in [9.17, 15) is 9.59 Å². The summed E-state index contributed by atoms with van der Waals surface area (Å²) in [6, 6.07) is 0. The number of anilines is 1. The van der Waals surface area contributed by atoms with Crippen LogP contribution in [0.1, 0.15) is 38.5 Å². The van der Waals surface area contributed by atoms with E-state index in [-0.39, 0.29) is 24.8 Å². The van der Waals surface area contributed by atoms with Crippen LogP contribution in [0.3, 0.4) is 0 Å². The van der Waals surface area contributed by atoms with Crippen LogP contribution in [0.25, 0.3) is 0 Å². The van der Waals surface area contributed by atoms with Gasteiger partial charge in [0.05, 0.1) is 6.42 Å². The van der Waals surface area contributed by atoms with Crippen molar-refractivity contribution in [3.05, 3.63) is 6.33 Å². The highest BCUT2D eigenvalue weighted by Crippen LogP contribution is 2.26. The van der Waals surface area contributed by atoms with Crippen molar-refractivity contribution >= 4 is 17.8 Å². The molecule has 1 heterocycles. The minimum absolute atomic E-state index is 0.0207. The second-order valence-corrected chi connectivity index (χ2v) is 4.78. The Labute approximate surface area is 111 Å². The van der Waals surface area contributed by atoms with Gasteiger partial charge in [-0.05, 0) is 12.8 Å². The predicted octanol–water partition coefficient (Wildman–Crippen LogP) is 1.19. The van der Waals surface area contributed by atoms with Gasteiger partial charge in [0.2, 0.25) is 11.9 Å². The van der Waals surface area contributed by atoms with E-state index in [1.54, 1.807) is 0 Å². The summed E-state index contributed by atoms with van der Waals surface area (Å²) < 4.78 is 0. The van der Waals surface area contributed by atoms with Crippen LogP contribution in [0.4, 0.5) is 5.95 Å². The van der Waals surface area contributed by atoms with Crippen LogP contribution in [0.2, 0.25) is 0 Å². The van der Waals surface area contributed by atoms with E-state index in [0.29, 0.717) is 5.95 Å². The van der Waals surface area contributed by atoms with Crippen molar-refractivity contribution < 1.29 is 14.7 Å². The number of hydrogen-bond acceptors (Lipinski definition) is 4. The van der Waals surface area contributed by atoms with Crippen molar-refractivity contribution in [1.29, 1.82) is 0 Å². The molecule has 19 heavy (non-hydrogen) atoms. The molecule has 0 atom stereocenters. The maximum Gasteiger partial charge on any atom is 0.305 e. The number of aromatic amines is 1. The molecule has 1 amide bonds. The summed E-state index contributed by atoms with van der Waals surface area (Å²) in [5, 5.41) is 15.1. The number of H-pyrrole nitrogens is 1. The molecule has 7 heteroatoms. The summed E-state index contributed by atoms with van der Waals surface area (Å²) in [4.78, 5) is 28.5. The molecule has 104 valence electrons. The van der Waals surface area contributed by atoms with E-state index in [0.717, 1.165) is 25.7 Å². The number of carbonyl (C=O) groups excluding carboxylic acids is 1. The van der Waals surface area contributed by atoms with E-state index in [1.807, 2.05) is 0 Å². The molecule has 7 nitrogen and oxygen atoms in total. The van der Waals surface area contributed by atoms with Crippen molar-refractivity contribution in [2.75, 3.05) is 11.4 Å². The lowest BCUT2D eigenvalue weighted by Crippen LogP contribution is -2.39. The predicted molar refractivity (Wildman–Crippen MR) is 67.6 cm³/mol. The van der Waals surface area contributed by atoms with Crippen LogP contribution in [-0.4, -0.2) is 38.7 Å². The number of aromatic nitrogens is 3. The zero-order valence-corrected chi connectivity index (χ0v) is 10.7. The fraction of sp³-hybridized carbons (Fsp3) is 0.667. The Balaban J connectivity index is 2.07. The number of carboxylic acids is 1. The second-order valence-electron chi connectivity index (χ2n) is 4.78. The molecule has 1 aromatic heterocycles. The Bertz CT molecular complexity index is 426. The molecule has 1 aromatic rings. The first-order valence-corrected chi connectivity index (χ1v) is 6.57. The molecular weight excluding hydrogens is 248 g/mol. The Morgan fingerprint density at radius 2 is 2.11 bits per heavy atom. The summed E-state index contributed by atoms with van der Waals surface area (Å²) in [5.74, 6) is -0.664. The number of nitrogens with one attached hydrogen (secondary N) is 1. The average Bonchev–Trinajstić information content (AvgIpc) is 2.93. The fourth-order valence-electron chi connectivity index (χ4n) is 2.43. The summed E-state index contributed by atoms with van der Waals surface area (Å²) in [5.41, 5.74) is 0. The van der Waals surface area contributed by atoms with Gasteiger partial charge in [0, 0.05) is 12.5 Å². The average molecular weight is 266 g/mol. The largest absolute Gasteiger partial charge is 0.481 e. The molecular formula is C12H18N4O3. The number of aliphatic carboxylic acids is 1. The van der Waals surface area contributed by atoms with Gasteiger partial charge in [-0.25, -0.2) is 5.10 Å². The van der Waals surface area contributed by atoms with Crippen LogP contribution in [0.5, 0.6) is 0 Å². The van der Waals surface area contributed by atoms with Crippen LogP contribution >= 0.6 is 0 Å². The van der Waals surface area contributed by atoms with Crippen LogP contribution in [0, 0.1) is 5.92 Å². The number of nitrogens with zero attached hydrogens (tertiary/aromatic N) is 3. The van der Waals surface area contributed by atoms with E-state index >= 15 is 0 Å². The normalized spacial score (nSPS) is 16.2. The Hall–Kier alpha value is -1.92. The molecule has 0 radical (unpaired) electrons. The van der Waals surface area contributed by atoms with Gasteiger partial charge in [-0.15, -0.1) is 0 Å². The lowest BCUT2D eigenvalue weighted by atomic mass is 9.88. The maximum atomic E-state index is 12.5. The third kappa shape index (κ3) is 3.52. The zero-order valence-electron chi connectivity index (χ0n) is 10.7. The smallest absolute Gasteiger partial charge is 0.305 e. The third-order valence-electron chi connectivity index (χ3n) is 3.43. The van der Waals surface area contributed by atoms with Gasteiger partial charge in [-0.3, -0.25) is 14.5 Å². The summed E-state index contributed by atoms with van der Waals surface area (Å²) in [6.45, 7) is 0.125. The lowest BCUT2D eigenvalue weighted by Gasteiger charge is -2.27. The van der Waals surface area contributed by atoms with E-state index < -0.39 is 5.97 Å². The third-order valence-corrected chi connectivity index (χ3v) is 3.43. The van der Waals surface area contributed by atoms with Crippen molar-refractivity contribution in [1.82, 2.24) is 15.2 Å². The molecule has 2 N–H and O–H groups in total. The lowest BCUT2D eigenvalue weighted by molar-refractivity contribution is -0.136. The summed E-state index contributed by atoms with van der Waals surface area (Å²) in [7, 11) is 0. The molecule has 0 aromatic carbocycles.